The first kappa shape index (κ1) is 19.2. The lowest BCUT2D eigenvalue weighted by Crippen LogP contribution is -2.43. The third-order valence-electron chi connectivity index (χ3n) is 3.03. The van der Waals surface area contributed by atoms with Gasteiger partial charge in [-0.15, -0.1) is 5.10 Å². The zero-order chi connectivity index (χ0) is 19.2. The van der Waals surface area contributed by atoms with Crippen molar-refractivity contribution in [1.29, 1.82) is 0 Å². The third-order valence-corrected chi connectivity index (χ3v) is 3.03. The Labute approximate surface area is 151 Å². The van der Waals surface area contributed by atoms with Gasteiger partial charge in [-0.2, -0.15) is 4.98 Å². The highest BCUT2D eigenvalue weighted by Gasteiger charge is 2.25. The van der Waals surface area contributed by atoms with E-state index in [4.69, 9.17) is 14.2 Å². The Morgan fingerprint density at radius 2 is 1.92 bits per heavy atom. The maximum atomic E-state index is 11.9. The second kappa shape index (κ2) is 8.32. The molecule has 0 aliphatic rings. The molecule has 26 heavy (non-hydrogen) atoms. The summed E-state index contributed by atoms with van der Waals surface area (Å²) in [6.45, 7) is 5.06. The van der Waals surface area contributed by atoms with Gasteiger partial charge < -0.3 is 19.5 Å². The number of amides is 1. The molecule has 0 spiro atoms. The van der Waals surface area contributed by atoms with Gasteiger partial charge in [0.15, 0.2) is 0 Å². The molecule has 1 aromatic heterocycles. The van der Waals surface area contributed by atoms with Crippen LogP contribution in [-0.4, -0.2) is 52.2 Å². The van der Waals surface area contributed by atoms with Crippen molar-refractivity contribution in [2.24, 2.45) is 0 Å². The van der Waals surface area contributed by atoms with Gasteiger partial charge in [0.05, 0.1) is 19.3 Å². The predicted octanol–water partition coefficient (Wildman–Crippen LogP) is 1.71. The minimum absolute atomic E-state index is 0.0183. The normalized spacial score (nSPS) is 12.2. The van der Waals surface area contributed by atoms with E-state index in [1.165, 1.54) is 18.1 Å². The summed E-state index contributed by atoms with van der Waals surface area (Å²) in [5.41, 5.74) is 0.137. The van der Waals surface area contributed by atoms with Gasteiger partial charge >= 0.3 is 18.1 Å². The summed E-state index contributed by atoms with van der Waals surface area (Å²) in [7, 11) is 1.22. The maximum Gasteiger partial charge on any atom is 0.407 e. The lowest BCUT2D eigenvalue weighted by atomic mass is 10.2. The standard InChI is InChI=1S/C17H22N4O5/c1-17(2,3)26-16(23)18-10-13(14(22)24-4)25-15-19-11-21(20-15)12-8-6-5-7-9-12/h5-9,11,13H,10H2,1-4H3,(H,18,23). The van der Waals surface area contributed by atoms with Crippen LogP contribution in [-0.2, 0) is 14.3 Å². The molecule has 140 valence electrons. The van der Waals surface area contributed by atoms with Gasteiger partial charge in [0.1, 0.15) is 11.9 Å². The third kappa shape index (κ3) is 5.76. The molecular weight excluding hydrogens is 340 g/mol. The summed E-state index contributed by atoms with van der Waals surface area (Å²) in [6, 6.07) is 9.28. The molecular formula is C17H22N4O5. The fourth-order valence-electron chi connectivity index (χ4n) is 1.93. The number of carbonyl (C=O) groups excluding carboxylic acids is 2. The Bertz CT molecular complexity index is 739. The lowest BCUT2D eigenvalue weighted by Gasteiger charge is -2.21. The van der Waals surface area contributed by atoms with Crippen molar-refractivity contribution in [2.45, 2.75) is 32.5 Å². The number of para-hydroxylation sites is 1. The van der Waals surface area contributed by atoms with Crippen LogP contribution in [0.25, 0.3) is 5.69 Å². The first-order valence-corrected chi connectivity index (χ1v) is 7.97. The molecule has 0 aliphatic carbocycles. The number of hydrogen-bond acceptors (Lipinski definition) is 7. The number of aromatic nitrogens is 3. The Kier molecular flexibility index (Phi) is 6.16. The van der Waals surface area contributed by atoms with Crippen LogP contribution >= 0.6 is 0 Å². The minimum Gasteiger partial charge on any atom is -0.466 e. The molecule has 9 heteroatoms. The largest absolute Gasteiger partial charge is 0.466 e. The van der Waals surface area contributed by atoms with E-state index >= 15 is 0 Å². The summed E-state index contributed by atoms with van der Waals surface area (Å²) in [4.78, 5) is 27.6. The molecule has 1 aromatic carbocycles. The zero-order valence-electron chi connectivity index (χ0n) is 15.1. The topological polar surface area (TPSA) is 105 Å². The van der Waals surface area contributed by atoms with E-state index in [1.807, 2.05) is 30.3 Å². The van der Waals surface area contributed by atoms with Crippen LogP contribution in [0.15, 0.2) is 36.7 Å². The quantitative estimate of drug-likeness (QED) is 0.780. The SMILES string of the molecule is COC(=O)C(CNC(=O)OC(C)(C)C)Oc1ncn(-c2ccccc2)n1. The van der Waals surface area contributed by atoms with Crippen molar-refractivity contribution in [3.63, 3.8) is 0 Å². The molecule has 1 atom stereocenters. The molecule has 0 bridgehead atoms. The van der Waals surface area contributed by atoms with Crippen LogP contribution in [0.5, 0.6) is 6.01 Å². The number of benzene rings is 1. The number of rotatable bonds is 6. The smallest absolute Gasteiger partial charge is 0.407 e. The molecule has 0 aliphatic heterocycles. The van der Waals surface area contributed by atoms with Gasteiger partial charge in [-0.3, -0.25) is 0 Å². The number of carbonyl (C=O) groups is 2. The van der Waals surface area contributed by atoms with Gasteiger partial charge in [-0.25, -0.2) is 14.3 Å². The van der Waals surface area contributed by atoms with Crippen LogP contribution in [0.2, 0.25) is 0 Å². The summed E-state index contributed by atoms with van der Waals surface area (Å²) < 4.78 is 16.8. The second-order valence-corrected chi connectivity index (χ2v) is 6.32. The van der Waals surface area contributed by atoms with E-state index in [1.54, 1.807) is 20.8 Å². The fourth-order valence-corrected chi connectivity index (χ4v) is 1.93. The van der Waals surface area contributed by atoms with Crippen LogP contribution < -0.4 is 10.1 Å². The lowest BCUT2D eigenvalue weighted by molar-refractivity contribution is -0.148. The van der Waals surface area contributed by atoms with E-state index in [0.29, 0.717) is 0 Å². The van der Waals surface area contributed by atoms with Gasteiger partial charge in [0, 0.05) is 0 Å². The molecule has 0 saturated heterocycles. The van der Waals surface area contributed by atoms with Crippen LogP contribution in [0.4, 0.5) is 4.79 Å². The van der Waals surface area contributed by atoms with Crippen molar-refractivity contribution in [3.05, 3.63) is 36.7 Å². The molecule has 1 amide bonds. The summed E-state index contributed by atoms with van der Waals surface area (Å²) >= 11 is 0. The number of nitrogens with one attached hydrogen (secondary N) is 1. The first-order valence-electron chi connectivity index (χ1n) is 7.97. The maximum absolute atomic E-state index is 11.9. The Balaban J connectivity index is 2.01. The summed E-state index contributed by atoms with van der Waals surface area (Å²) in [5, 5.41) is 6.62. The predicted molar refractivity (Wildman–Crippen MR) is 92.0 cm³/mol. The van der Waals surface area contributed by atoms with E-state index in [-0.39, 0.29) is 12.6 Å². The number of esters is 1. The van der Waals surface area contributed by atoms with E-state index in [0.717, 1.165) is 5.69 Å². The van der Waals surface area contributed by atoms with E-state index in [9.17, 15) is 9.59 Å². The number of methoxy groups -OCH3 is 1. The molecule has 0 fully saturated rings. The van der Waals surface area contributed by atoms with Crippen molar-refractivity contribution in [2.75, 3.05) is 13.7 Å². The minimum atomic E-state index is -1.11. The first-order chi connectivity index (χ1) is 12.3. The molecule has 2 aromatic rings. The Morgan fingerprint density at radius 3 is 2.54 bits per heavy atom. The van der Waals surface area contributed by atoms with E-state index in [2.05, 4.69) is 15.4 Å². The molecule has 1 N–H and O–H groups in total. The van der Waals surface area contributed by atoms with Crippen molar-refractivity contribution >= 4 is 12.1 Å². The van der Waals surface area contributed by atoms with Crippen LogP contribution in [0.1, 0.15) is 20.8 Å². The zero-order valence-corrected chi connectivity index (χ0v) is 15.1. The van der Waals surface area contributed by atoms with Crippen molar-refractivity contribution in [1.82, 2.24) is 20.1 Å². The number of nitrogens with zero attached hydrogens (tertiary/aromatic N) is 3. The second-order valence-electron chi connectivity index (χ2n) is 6.32. The molecule has 2 rings (SSSR count). The fraction of sp³-hybridized carbons (Fsp3) is 0.412. The molecule has 0 radical (unpaired) electrons. The van der Waals surface area contributed by atoms with E-state index < -0.39 is 23.8 Å². The number of alkyl carbamates (subject to hydrolysis) is 1. The van der Waals surface area contributed by atoms with Crippen LogP contribution in [0.3, 0.4) is 0 Å². The highest BCUT2D eigenvalue weighted by Crippen LogP contribution is 2.10. The molecule has 9 nitrogen and oxygen atoms in total. The monoisotopic (exact) mass is 362 g/mol. The molecule has 0 saturated carbocycles. The van der Waals surface area contributed by atoms with Gasteiger partial charge in [0.25, 0.3) is 0 Å². The number of hydrogen-bond donors (Lipinski definition) is 1. The van der Waals surface area contributed by atoms with Gasteiger partial charge in [-0.1, -0.05) is 18.2 Å². The van der Waals surface area contributed by atoms with Crippen molar-refractivity contribution in [3.8, 4) is 11.7 Å². The summed E-state index contributed by atoms with van der Waals surface area (Å²) in [5.74, 6) is -0.669. The van der Waals surface area contributed by atoms with Gasteiger partial charge in [0.2, 0.25) is 6.10 Å². The Morgan fingerprint density at radius 1 is 1.23 bits per heavy atom. The number of ether oxygens (including phenoxy) is 3. The summed E-state index contributed by atoms with van der Waals surface area (Å²) in [6.07, 6.45) is -0.322. The van der Waals surface area contributed by atoms with Crippen molar-refractivity contribution < 1.29 is 23.8 Å². The van der Waals surface area contributed by atoms with Crippen LogP contribution in [0, 0.1) is 0 Å². The molecule has 1 unspecified atom stereocenters. The Hall–Kier alpha value is -3.10. The average molecular weight is 362 g/mol. The highest BCUT2D eigenvalue weighted by atomic mass is 16.6. The molecule has 1 heterocycles. The highest BCUT2D eigenvalue weighted by molar-refractivity contribution is 5.76. The van der Waals surface area contributed by atoms with Gasteiger partial charge in [-0.05, 0) is 32.9 Å². The average Bonchev–Trinajstić information content (AvgIpc) is 3.05.